The monoisotopic (exact) mass is 415 g/mol. The van der Waals surface area contributed by atoms with Crippen LogP contribution in [0.3, 0.4) is 0 Å². The van der Waals surface area contributed by atoms with Crippen LogP contribution < -0.4 is 10.1 Å². The molecule has 0 unspecified atom stereocenters. The number of amides is 3. The predicted molar refractivity (Wildman–Crippen MR) is 109 cm³/mol. The smallest absolute Gasteiger partial charge is 0.248 e. The topological polar surface area (TPSA) is 99.2 Å². The first-order valence-corrected chi connectivity index (χ1v) is 10.7. The van der Waals surface area contributed by atoms with Crippen LogP contribution in [0.2, 0.25) is 0 Å². The second kappa shape index (κ2) is 8.63. The number of benzene rings is 1. The van der Waals surface area contributed by atoms with Crippen molar-refractivity contribution in [3.63, 3.8) is 0 Å². The first-order valence-electron chi connectivity index (χ1n) is 10.7. The van der Waals surface area contributed by atoms with Crippen LogP contribution in [0.5, 0.6) is 5.75 Å². The number of carbonyl (C=O) groups is 3. The number of nitrogens with one attached hydrogen (secondary N) is 1. The molecule has 0 spiro atoms. The molecule has 1 aromatic carbocycles. The lowest BCUT2D eigenvalue weighted by Crippen LogP contribution is -2.56. The van der Waals surface area contributed by atoms with Gasteiger partial charge in [0, 0.05) is 12.6 Å². The molecule has 8 nitrogen and oxygen atoms in total. The van der Waals surface area contributed by atoms with Crippen LogP contribution in [0.1, 0.15) is 43.7 Å². The van der Waals surface area contributed by atoms with Gasteiger partial charge >= 0.3 is 0 Å². The third-order valence-corrected chi connectivity index (χ3v) is 6.63. The second-order valence-corrected chi connectivity index (χ2v) is 8.44. The van der Waals surface area contributed by atoms with Crippen LogP contribution in [0.4, 0.5) is 0 Å². The highest BCUT2D eigenvalue weighted by atomic mass is 16.5. The lowest BCUT2D eigenvalue weighted by molar-refractivity contribution is -0.150. The molecule has 4 rings (SSSR count). The quantitative estimate of drug-likeness (QED) is 0.743. The van der Waals surface area contributed by atoms with Crippen LogP contribution in [-0.2, 0) is 14.4 Å². The Kier molecular flexibility index (Phi) is 5.94. The lowest BCUT2D eigenvalue weighted by atomic mass is 9.92. The molecule has 0 bridgehead atoms. The zero-order valence-corrected chi connectivity index (χ0v) is 17.3. The Morgan fingerprint density at radius 2 is 1.90 bits per heavy atom. The molecule has 1 aromatic rings. The molecule has 30 heavy (non-hydrogen) atoms. The van der Waals surface area contributed by atoms with Crippen LogP contribution in [0, 0.1) is 5.92 Å². The SMILES string of the molecule is COc1ccc([C@H]2[C@@H](C(=O)NC3CCCC3)C[C@H]3CN(C(=O)CO)CC(=O)N32)cc1. The maximum Gasteiger partial charge on any atom is 0.248 e. The fraction of sp³-hybridized carbons (Fsp3) is 0.591. The summed E-state index contributed by atoms with van der Waals surface area (Å²) in [5.74, 6) is -0.333. The van der Waals surface area contributed by atoms with Crippen molar-refractivity contribution in [2.75, 3.05) is 26.8 Å². The van der Waals surface area contributed by atoms with E-state index in [1.807, 2.05) is 24.3 Å². The standard InChI is InChI=1S/C22H29N3O5/c1-30-17-8-6-14(7-9-17)21-18(22(29)23-15-4-2-3-5-15)10-16-11-24(20(28)13-26)12-19(27)25(16)21/h6-9,15-16,18,21,26H,2-5,10-13H2,1H3,(H,23,29)/t16-,18-,21-/m0/s1. The van der Waals surface area contributed by atoms with Gasteiger partial charge in [0.25, 0.3) is 0 Å². The number of ether oxygens (including phenoxy) is 1. The Balaban J connectivity index is 1.62. The van der Waals surface area contributed by atoms with E-state index in [0.29, 0.717) is 18.7 Å². The minimum atomic E-state index is -0.618. The van der Waals surface area contributed by atoms with Crippen LogP contribution in [0.25, 0.3) is 0 Å². The molecule has 3 atom stereocenters. The summed E-state index contributed by atoms with van der Waals surface area (Å²) >= 11 is 0. The minimum Gasteiger partial charge on any atom is -0.497 e. The van der Waals surface area contributed by atoms with Crippen molar-refractivity contribution in [3.05, 3.63) is 29.8 Å². The van der Waals surface area contributed by atoms with Gasteiger partial charge in [0.05, 0.1) is 31.7 Å². The van der Waals surface area contributed by atoms with E-state index in [-0.39, 0.29) is 42.4 Å². The summed E-state index contributed by atoms with van der Waals surface area (Å²) in [4.78, 5) is 41.4. The van der Waals surface area contributed by atoms with Crippen molar-refractivity contribution in [3.8, 4) is 5.75 Å². The highest BCUT2D eigenvalue weighted by Gasteiger charge is 2.50. The summed E-state index contributed by atoms with van der Waals surface area (Å²) < 4.78 is 5.25. The highest BCUT2D eigenvalue weighted by molar-refractivity contribution is 5.89. The van der Waals surface area contributed by atoms with Crippen molar-refractivity contribution in [1.29, 1.82) is 0 Å². The van der Waals surface area contributed by atoms with E-state index in [1.165, 1.54) is 4.90 Å². The Bertz CT molecular complexity index is 805. The normalized spacial score (nSPS) is 26.6. The summed E-state index contributed by atoms with van der Waals surface area (Å²) in [6.07, 6.45) is 4.75. The number of fused-ring (bicyclic) bond motifs is 1. The van der Waals surface area contributed by atoms with E-state index in [4.69, 9.17) is 4.74 Å². The molecule has 2 aliphatic heterocycles. The Morgan fingerprint density at radius 1 is 1.20 bits per heavy atom. The van der Waals surface area contributed by atoms with Crippen molar-refractivity contribution >= 4 is 17.7 Å². The second-order valence-electron chi connectivity index (χ2n) is 8.44. The fourth-order valence-corrected chi connectivity index (χ4v) is 5.15. The summed E-state index contributed by atoms with van der Waals surface area (Å²) in [5, 5.41) is 12.4. The molecular weight excluding hydrogens is 386 g/mol. The number of hydrogen-bond acceptors (Lipinski definition) is 5. The maximum absolute atomic E-state index is 13.2. The van der Waals surface area contributed by atoms with Crippen molar-refractivity contribution in [2.24, 2.45) is 5.92 Å². The van der Waals surface area contributed by atoms with E-state index in [9.17, 15) is 19.5 Å². The number of nitrogens with zero attached hydrogens (tertiary/aromatic N) is 2. The fourth-order valence-electron chi connectivity index (χ4n) is 5.15. The van der Waals surface area contributed by atoms with Gasteiger partial charge in [-0.05, 0) is 37.0 Å². The van der Waals surface area contributed by atoms with Gasteiger partial charge in [-0.1, -0.05) is 25.0 Å². The average molecular weight is 415 g/mol. The molecule has 1 saturated carbocycles. The van der Waals surface area contributed by atoms with Gasteiger partial charge in [-0.25, -0.2) is 0 Å². The van der Waals surface area contributed by atoms with Crippen LogP contribution in [0.15, 0.2) is 24.3 Å². The number of methoxy groups -OCH3 is 1. The van der Waals surface area contributed by atoms with Gasteiger partial charge < -0.3 is 25.0 Å². The summed E-state index contributed by atoms with van der Waals surface area (Å²) in [6, 6.07) is 7.07. The molecule has 2 saturated heterocycles. The molecular formula is C22H29N3O5. The lowest BCUT2D eigenvalue weighted by Gasteiger charge is -2.40. The Hall–Kier alpha value is -2.61. The number of piperazine rings is 1. The molecule has 1 aliphatic carbocycles. The molecule has 162 valence electrons. The number of hydrogen-bond donors (Lipinski definition) is 2. The van der Waals surface area contributed by atoms with E-state index < -0.39 is 12.5 Å². The van der Waals surface area contributed by atoms with Gasteiger partial charge in [-0.15, -0.1) is 0 Å². The van der Waals surface area contributed by atoms with Gasteiger partial charge in [0.1, 0.15) is 12.4 Å². The zero-order valence-electron chi connectivity index (χ0n) is 17.3. The zero-order chi connectivity index (χ0) is 21.3. The van der Waals surface area contributed by atoms with Gasteiger partial charge in [0.2, 0.25) is 17.7 Å². The van der Waals surface area contributed by atoms with Crippen LogP contribution in [-0.4, -0.2) is 71.5 Å². The molecule has 0 radical (unpaired) electrons. The number of rotatable bonds is 5. The van der Waals surface area contributed by atoms with Crippen molar-refractivity contribution < 1.29 is 24.2 Å². The third-order valence-electron chi connectivity index (χ3n) is 6.63. The minimum absolute atomic E-state index is 0.0232. The molecule has 3 amide bonds. The predicted octanol–water partition coefficient (Wildman–Crippen LogP) is 0.847. The van der Waals surface area contributed by atoms with Crippen molar-refractivity contribution in [2.45, 2.75) is 50.2 Å². The molecule has 2 N–H and O–H groups in total. The largest absolute Gasteiger partial charge is 0.497 e. The van der Waals surface area contributed by atoms with E-state index >= 15 is 0 Å². The third kappa shape index (κ3) is 3.88. The van der Waals surface area contributed by atoms with Crippen LogP contribution >= 0.6 is 0 Å². The molecule has 0 aromatic heterocycles. The van der Waals surface area contributed by atoms with E-state index in [2.05, 4.69) is 5.32 Å². The molecule has 3 fully saturated rings. The summed E-state index contributed by atoms with van der Waals surface area (Å²) in [7, 11) is 1.60. The first-order chi connectivity index (χ1) is 14.5. The number of aliphatic hydroxyl groups excluding tert-OH is 1. The van der Waals surface area contributed by atoms with Gasteiger partial charge in [0.15, 0.2) is 0 Å². The van der Waals surface area contributed by atoms with Crippen molar-refractivity contribution in [1.82, 2.24) is 15.1 Å². The number of carbonyl (C=O) groups excluding carboxylic acids is 3. The molecule has 8 heteroatoms. The van der Waals surface area contributed by atoms with E-state index in [0.717, 1.165) is 31.2 Å². The molecule has 2 heterocycles. The highest BCUT2D eigenvalue weighted by Crippen LogP contribution is 2.43. The Labute approximate surface area is 176 Å². The average Bonchev–Trinajstić information content (AvgIpc) is 3.41. The Morgan fingerprint density at radius 3 is 2.53 bits per heavy atom. The van der Waals surface area contributed by atoms with Gasteiger partial charge in [-0.3, -0.25) is 14.4 Å². The maximum atomic E-state index is 13.2. The first kappa shape index (κ1) is 20.7. The summed E-state index contributed by atoms with van der Waals surface area (Å²) in [5.41, 5.74) is 0.889. The van der Waals surface area contributed by atoms with E-state index in [1.54, 1.807) is 12.0 Å². The van der Waals surface area contributed by atoms with Gasteiger partial charge in [-0.2, -0.15) is 0 Å². The number of aliphatic hydroxyl groups is 1. The summed E-state index contributed by atoms with van der Waals surface area (Å²) in [6.45, 7) is -0.349. The molecule has 3 aliphatic rings.